The highest BCUT2D eigenvalue weighted by molar-refractivity contribution is 5.93. The van der Waals surface area contributed by atoms with Crippen molar-refractivity contribution in [1.82, 2.24) is 15.1 Å². The third-order valence-corrected chi connectivity index (χ3v) is 3.55. The van der Waals surface area contributed by atoms with Gasteiger partial charge >= 0.3 is 0 Å². The topological polar surface area (TPSA) is 46.9 Å². The van der Waals surface area contributed by atoms with Gasteiger partial charge in [-0.15, -0.1) is 0 Å². The van der Waals surface area contributed by atoms with E-state index in [4.69, 9.17) is 0 Å². The number of carbonyl (C=O) groups excluding carboxylic acids is 1. The Morgan fingerprint density at radius 2 is 1.83 bits per heavy atom. The van der Waals surface area contributed by atoms with E-state index in [0.717, 1.165) is 16.8 Å². The Morgan fingerprint density at radius 3 is 2.52 bits per heavy atom. The third kappa shape index (κ3) is 3.45. The SMILES string of the molecule is Cn1nc(C(=O)NCc2ccc(F)cc2)cc1-c1ccccc1. The van der Waals surface area contributed by atoms with Crippen molar-refractivity contribution in [3.8, 4) is 11.3 Å². The molecule has 0 spiro atoms. The highest BCUT2D eigenvalue weighted by Crippen LogP contribution is 2.19. The van der Waals surface area contributed by atoms with E-state index >= 15 is 0 Å². The number of nitrogens with zero attached hydrogens (tertiary/aromatic N) is 2. The molecule has 0 unspecified atom stereocenters. The van der Waals surface area contributed by atoms with Crippen molar-refractivity contribution in [2.45, 2.75) is 6.54 Å². The van der Waals surface area contributed by atoms with Gasteiger partial charge in [0.25, 0.3) is 5.91 Å². The summed E-state index contributed by atoms with van der Waals surface area (Å²) >= 11 is 0. The first-order chi connectivity index (χ1) is 11.1. The van der Waals surface area contributed by atoms with Gasteiger partial charge in [-0.3, -0.25) is 9.48 Å². The minimum absolute atomic E-state index is 0.257. The predicted molar refractivity (Wildman–Crippen MR) is 86.2 cm³/mol. The normalized spacial score (nSPS) is 10.5. The molecule has 116 valence electrons. The molecule has 2 aromatic carbocycles. The maximum absolute atomic E-state index is 12.9. The molecular formula is C18H16FN3O. The van der Waals surface area contributed by atoms with E-state index in [-0.39, 0.29) is 11.7 Å². The number of hydrogen-bond acceptors (Lipinski definition) is 2. The molecule has 3 rings (SSSR count). The number of hydrogen-bond donors (Lipinski definition) is 1. The van der Waals surface area contributed by atoms with E-state index < -0.39 is 0 Å². The molecule has 0 aliphatic carbocycles. The summed E-state index contributed by atoms with van der Waals surface area (Å²) in [5.74, 6) is -0.551. The minimum Gasteiger partial charge on any atom is -0.347 e. The molecule has 1 N–H and O–H groups in total. The van der Waals surface area contributed by atoms with Crippen LogP contribution in [0.5, 0.6) is 0 Å². The largest absolute Gasteiger partial charge is 0.347 e. The Balaban J connectivity index is 1.72. The summed E-state index contributed by atoms with van der Waals surface area (Å²) in [7, 11) is 1.80. The summed E-state index contributed by atoms with van der Waals surface area (Å²) in [4.78, 5) is 12.2. The number of benzene rings is 2. The zero-order valence-corrected chi connectivity index (χ0v) is 12.7. The van der Waals surface area contributed by atoms with E-state index in [2.05, 4.69) is 10.4 Å². The lowest BCUT2D eigenvalue weighted by Crippen LogP contribution is -2.23. The van der Waals surface area contributed by atoms with Crippen molar-refractivity contribution in [2.75, 3.05) is 0 Å². The predicted octanol–water partition coefficient (Wildman–Crippen LogP) is 3.16. The molecule has 1 amide bonds. The second-order valence-electron chi connectivity index (χ2n) is 5.21. The Hall–Kier alpha value is -2.95. The quantitative estimate of drug-likeness (QED) is 0.805. The van der Waals surface area contributed by atoms with Gasteiger partial charge < -0.3 is 5.32 Å². The van der Waals surface area contributed by atoms with Crippen LogP contribution in [-0.4, -0.2) is 15.7 Å². The molecule has 0 bridgehead atoms. The van der Waals surface area contributed by atoms with E-state index in [1.54, 1.807) is 29.9 Å². The molecule has 1 heterocycles. The number of halogens is 1. The smallest absolute Gasteiger partial charge is 0.272 e. The van der Waals surface area contributed by atoms with Crippen LogP contribution < -0.4 is 5.32 Å². The lowest BCUT2D eigenvalue weighted by molar-refractivity contribution is 0.0945. The third-order valence-electron chi connectivity index (χ3n) is 3.55. The summed E-state index contributed by atoms with van der Waals surface area (Å²) in [6.07, 6.45) is 0. The highest BCUT2D eigenvalue weighted by Gasteiger charge is 2.13. The van der Waals surface area contributed by atoms with Gasteiger partial charge in [-0.25, -0.2) is 4.39 Å². The van der Waals surface area contributed by atoms with Crippen LogP contribution in [0.15, 0.2) is 60.7 Å². The van der Waals surface area contributed by atoms with Crippen molar-refractivity contribution in [2.24, 2.45) is 7.05 Å². The molecule has 5 heteroatoms. The van der Waals surface area contributed by atoms with E-state index in [0.29, 0.717) is 12.2 Å². The first-order valence-corrected chi connectivity index (χ1v) is 7.25. The molecule has 0 fully saturated rings. The van der Waals surface area contributed by atoms with Gasteiger partial charge in [0, 0.05) is 13.6 Å². The van der Waals surface area contributed by atoms with Crippen molar-refractivity contribution in [1.29, 1.82) is 0 Å². The van der Waals surface area contributed by atoms with Crippen molar-refractivity contribution < 1.29 is 9.18 Å². The second kappa shape index (κ2) is 6.44. The van der Waals surface area contributed by atoms with Crippen LogP contribution in [0.2, 0.25) is 0 Å². The van der Waals surface area contributed by atoms with E-state index in [9.17, 15) is 9.18 Å². The Morgan fingerprint density at radius 1 is 1.13 bits per heavy atom. The van der Waals surface area contributed by atoms with Crippen LogP contribution in [-0.2, 0) is 13.6 Å². The highest BCUT2D eigenvalue weighted by atomic mass is 19.1. The van der Waals surface area contributed by atoms with Crippen LogP contribution >= 0.6 is 0 Å². The molecule has 0 radical (unpaired) electrons. The second-order valence-corrected chi connectivity index (χ2v) is 5.21. The molecule has 0 saturated heterocycles. The number of rotatable bonds is 4. The molecule has 4 nitrogen and oxygen atoms in total. The van der Waals surface area contributed by atoms with Crippen LogP contribution in [0.3, 0.4) is 0 Å². The van der Waals surface area contributed by atoms with Crippen LogP contribution in [0.1, 0.15) is 16.1 Å². The number of amides is 1. The summed E-state index contributed by atoms with van der Waals surface area (Å²) in [6, 6.07) is 17.5. The molecule has 3 aromatic rings. The first-order valence-electron chi connectivity index (χ1n) is 7.25. The molecule has 0 atom stereocenters. The minimum atomic E-state index is -0.294. The fourth-order valence-electron chi connectivity index (χ4n) is 2.33. The van der Waals surface area contributed by atoms with Gasteiger partial charge in [-0.1, -0.05) is 42.5 Å². The number of aryl methyl sites for hydroxylation is 1. The van der Waals surface area contributed by atoms with Crippen LogP contribution in [0.25, 0.3) is 11.3 Å². The Labute approximate surface area is 133 Å². The van der Waals surface area contributed by atoms with Crippen LogP contribution in [0, 0.1) is 5.82 Å². The number of carbonyl (C=O) groups is 1. The summed E-state index contributed by atoms with van der Waals surface area (Å²) in [6.45, 7) is 0.330. The van der Waals surface area contributed by atoms with Gasteiger partial charge in [0.05, 0.1) is 5.69 Å². The van der Waals surface area contributed by atoms with Gasteiger partial charge in [0.15, 0.2) is 5.69 Å². The van der Waals surface area contributed by atoms with Gasteiger partial charge in [-0.05, 0) is 29.3 Å². The first kappa shape index (κ1) is 15.0. The van der Waals surface area contributed by atoms with Gasteiger partial charge in [0.2, 0.25) is 0 Å². The van der Waals surface area contributed by atoms with E-state index in [1.807, 2.05) is 30.3 Å². The molecule has 1 aromatic heterocycles. The molecular weight excluding hydrogens is 293 g/mol. The molecule has 0 saturated carbocycles. The molecule has 0 aliphatic heterocycles. The van der Waals surface area contributed by atoms with E-state index in [1.165, 1.54) is 12.1 Å². The van der Waals surface area contributed by atoms with Gasteiger partial charge in [-0.2, -0.15) is 5.10 Å². The number of nitrogens with one attached hydrogen (secondary N) is 1. The Bertz CT molecular complexity index is 810. The summed E-state index contributed by atoms with van der Waals surface area (Å²) < 4.78 is 14.5. The lowest BCUT2D eigenvalue weighted by atomic mass is 10.1. The average Bonchev–Trinajstić information content (AvgIpc) is 2.97. The fraction of sp³-hybridized carbons (Fsp3) is 0.111. The maximum atomic E-state index is 12.9. The summed E-state index contributed by atoms with van der Waals surface area (Å²) in [5, 5.41) is 7.05. The van der Waals surface area contributed by atoms with Crippen molar-refractivity contribution in [3.05, 3.63) is 77.7 Å². The monoisotopic (exact) mass is 309 g/mol. The Kier molecular flexibility index (Phi) is 4.19. The lowest BCUT2D eigenvalue weighted by Gasteiger charge is -2.03. The zero-order chi connectivity index (χ0) is 16.2. The van der Waals surface area contributed by atoms with Crippen LogP contribution in [0.4, 0.5) is 4.39 Å². The fourth-order valence-corrected chi connectivity index (χ4v) is 2.33. The molecule has 0 aliphatic rings. The standard InChI is InChI=1S/C18H16FN3O/c1-22-17(14-5-3-2-4-6-14)11-16(21-22)18(23)20-12-13-7-9-15(19)10-8-13/h2-11H,12H2,1H3,(H,20,23). The van der Waals surface area contributed by atoms with Crippen molar-refractivity contribution >= 4 is 5.91 Å². The summed E-state index contributed by atoms with van der Waals surface area (Å²) in [5.41, 5.74) is 3.06. The van der Waals surface area contributed by atoms with Crippen molar-refractivity contribution in [3.63, 3.8) is 0 Å². The number of aromatic nitrogens is 2. The maximum Gasteiger partial charge on any atom is 0.272 e. The zero-order valence-electron chi connectivity index (χ0n) is 12.7. The van der Waals surface area contributed by atoms with Gasteiger partial charge in [0.1, 0.15) is 5.82 Å². The average molecular weight is 309 g/mol. The molecule has 23 heavy (non-hydrogen) atoms.